The lowest BCUT2D eigenvalue weighted by molar-refractivity contribution is -0.133. The van der Waals surface area contributed by atoms with Crippen molar-refractivity contribution >= 4 is 5.91 Å². The van der Waals surface area contributed by atoms with Crippen molar-refractivity contribution in [2.45, 2.75) is 51.5 Å². The highest BCUT2D eigenvalue weighted by molar-refractivity contribution is 5.73. The third-order valence-electron chi connectivity index (χ3n) is 4.16. The standard InChI is InChI=1S/C13H24N2O/c1-11(16)15(13-3-2-4-13)10-7-12-5-8-14-9-6-12/h12-14H,2-10H2,1H3. The van der Waals surface area contributed by atoms with E-state index in [1.54, 1.807) is 6.92 Å². The number of carbonyl (C=O) groups excluding carboxylic acids is 1. The van der Waals surface area contributed by atoms with Crippen LogP contribution in [0.5, 0.6) is 0 Å². The van der Waals surface area contributed by atoms with Gasteiger partial charge in [-0.3, -0.25) is 4.79 Å². The van der Waals surface area contributed by atoms with Crippen LogP contribution in [-0.2, 0) is 4.79 Å². The maximum Gasteiger partial charge on any atom is 0.219 e. The Labute approximate surface area is 98.6 Å². The summed E-state index contributed by atoms with van der Waals surface area (Å²) in [7, 11) is 0. The predicted molar refractivity (Wildman–Crippen MR) is 65.2 cm³/mol. The average Bonchev–Trinajstić information content (AvgIpc) is 2.22. The second kappa shape index (κ2) is 5.67. The minimum Gasteiger partial charge on any atom is -0.340 e. The molecule has 3 heteroatoms. The van der Waals surface area contributed by atoms with Crippen molar-refractivity contribution in [1.29, 1.82) is 0 Å². The quantitative estimate of drug-likeness (QED) is 0.789. The lowest BCUT2D eigenvalue weighted by Crippen LogP contribution is -2.44. The predicted octanol–water partition coefficient (Wildman–Crippen LogP) is 1.78. The van der Waals surface area contributed by atoms with Crippen molar-refractivity contribution in [3.63, 3.8) is 0 Å². The first-order chi connectivity index (χ1) is 7.77. The van der Waals surface area contributed by atoms with Gasteiger partial charge in [-0.1, -0.05) is 0 Å². The van der Waals surface area contributed by atoms with Crippen molar-refractivity contribution in [1.82, 2.24) is 10.2 Å². The smallest absolute Gasteiger partial charge is 0.219 e. The average molecular weight is 224 g/mol. The first kappa shape index (κ1) is 11.9. The minimum atomic E-state index is 0.277. The van der Waals surface area contributed by atoms with Gasteiger partial charge in [0.2, 0.25) is 5.91 Å². The number of hydrogen-bond donors (Lipinski definition) is 1. The van der Waals surface area contributed by atoms with E-state index >= 15 is 0 Å². The van der Waals surface area contributed by atoms with Crippen molar-refractivity contribution in [3.05, 3.63) is 0 Å². The second-order valence-electron chi connectivity index (χ2n) is 5.28. The van der Waals surface area contributed by atoms with E-state index in [0.29, 0.717) is 6.04 Å². The molecule has 0 bridgehead atoms. The first-order valence-corrected chi connectivity index (χ1v) is 6.75. The highest BCUT2D eigenvalue weighted by atomic mass is 16.2. The van der Waals surface area contributed by atoms with Crippen LogP contribution in [0.25, 0.3) is 0 Å². The van der Waals surface area contributed by atoms with Gasteiger partial charge < -0.3 is 10.2 Å². The molecule has 3 nitrogen and oxygen atoms in total. The molecule has 0 aromatic heterocycles. The van der Waals surface area contributed by atoms with Gasteiger partial charge in [0.1, 0.15) is 0 Å². The summed E-state index contributed by atoms with van der Waals surface area (Å²) in [5.74, 6) is 1.11. The highest BCUT2D eigenvalue weighted by Gasteiger charge is 2.27. The fourth-order valence-corrected chi connectivity index (χ4v) is 2.79. The SMILES string of the molecule is CC(=O)N(CCC1CCNCC1)C1CCC1. The van der Waals surface area contributed by atoms with E-state index in [2.05, 4.69) is 10.2 Å². The molecular formula is C13H24N2O. The van der Waals surface area contributed by atoms with Gasteiger partial charge >= 0.3 is 0 Å². The van der Waals surface area contributed by atoms with E-state index in [4.69, 9.17) is 0 Å². The largest absolute Gasteiger partial charge is 0.340 e. The highest BCUT2D eigenvalue weighted by Crippen LogP contribution is 2.26. The fraction of sp³-hybridized carbons (Fsp3) is 0.923. The summed E-state index contributed by atoms with van der Waals surface area (Å²) in [6, 6.07) is 0.569. The molecule has 2 aliphatic rings. The summed E-state index contributed by atoms with van der Waals surface area (Å²) in [6.45, 7) is 5.04. The number of rotatable bonds is 4. The Morgan fingerprint density at radius 3 is 2.44 bits per heavy atom. The molecule has 2 rings (SSSR count). The van der Waals surface area contributed by atoms with Crippen LogP contribution < -0.4 is 5.32 Å². The van der Waals surface area contributed by atoms with Crippen LogP contribution in [0.15, 0.2) is 0 Å². The molecule has 0 aromatic carbocycles. The molecule has 92 valence electrons. The van der Waals surface area contributed by atoms with Gasteiger partial charge in [-0.15, -0.1) is 0 Å². The second-order valence-corrected chi connectivity index (χ2v) is 5.28. The Morgan fingerprint density at radius 1 is 1.25 bits per heavy atom. The summed E-state index contributed by atoms with van der Waals surface area (Å²) >= 11 is 0. The Bertz CT molecular complexity index is 232. The lowest BCUT2D eigenvalue weighted by atomic mass is 9.89. The molecule has 16 heavy (non-hydrogen) atoms. The van der Waals surface area contributed by atoms with Gasteiger partial charge in [0, 0.05) is 19.5 Å². The molecule has 0 unspecified atom stereocenters. The van der Waals surface area contributed by atoms with E-state index in [0.717, 1.165) is 25.6 Å². The monoisotopic (exact) mass is 224 g/mol. The van der Waals surface area contributed by atoms with Crippen LogP contribution in [0.3, 0.4) is 0 Å². The van der Waals surface area contributed by atoms with Crippen molar-refractivity contribution < 1.29 is 4.79 Å². The molecule has 1 amide bonds. The summed E-state index contributed by atoms with van der Waals surface area (Å²) in [4.78, 5) is 13.7. The Morgan fingerprint density at radius 2 is 1.94 bits per heavy atom. The number of nitrogens with zero attached hydrogens (tertiary/aromatic N) is 1. The van der Waals surface area contributed by atoms with Gasteiger partial charge in [-0.25, -0.2) is 0 Å². The molecule has 0 atom stereocenters. The van der Waals surface area contributed by atoms with E-state index in [-0.39, 0.29) is 5.91 Å². The van der Waals surface area contributed by atoms with Gasteiger partial charge in [0.25, 0.3) is 0 Å². The van der Waals surface area contributed by atoms with Crippen LogP contribution in [0.4, 0.5) is 0 Å². The topological polar surface area (TPSA) is 32.3 Å². The molecule has 0 spiro atoms. The third-order valence-corrected chi connectivity index (χ3v) is 4.16. The molecule has 1 aliphatic carbocycles. The maximum atomic E-state index is 11.6. The summed E-state index contributed by atoms with van der Waals surface area (Å²) in [6.07, 6.45) is 7.55. The number of hydrogen-bond acceptors (Lipinski definition) is 2. The number of nitrogens with one attached hydrogen (secondary N) is 1. The van der Waals surface area contributed by atoms with Crippen LogP contribution >= 0.6 is 0 Å². The summed E-state index contributed by atoms with van der Waals surface area (Å²) in [5, 5.41) is 3.39. The molecule has 1 saturated heterocycles. The lowest BCUT2D eigenvalue weighted by Gasteiger charge is -2.38. The van der Waals surface area contributed by atoms with Gasteiger partial charge in [-0.2, -0.15) is 0 Å². The van der Waals surface area contributed by atoms with Gasteiger partial charge in [0.15, 0.2) is 0 Å². The van der Waals surface area contributed by atoms with Crippen LogP contribution in [0, 0.1) is 5.92 Å². The molecule has 1 N–H and O–H groups in total. The Kier molecular flexibility index (Phi) is 4.22. The van der Waals surface area contributed by atoms with E-state index in [1.807, 2.05) is 0 Å². The van der Waals surface area contributed by atoms with Gasteiger partial charge in [0.05, 0.1) is 0 Å². The molecule has 1 saturated carbocycles. The first-order valence-electron chi connectivity index (χ1n) is 6.75. The summed E-state index contributed by atoms with van der Waals surface area (Å²) < 4.78 is 0. The molecule has 0 radical (unpaired) electrons. The number of amides is 1. The van der Waals surface area contributed by atoms with Crippen LogP contribution in [-0.4, -0.2) is 36.5 Å². The maximum absolute atomic E-state index is 11.6. The Balaban J connectivity index is 1.74. The van der Waals surface area contributed by atoms with E-state index < -0.39 is 0 Å². The van der Waals surface area contributed by atoms with Crippen molar-refractivity contribution in [2.24, 2.45) is 5.92 Å². The molecule has 1 aliphatic heterocycles. The number of carbonyl (C=O) groups is 1. The minimum absolute atomic E-state index is 0.277. The van der Waals surface area contributed by atoms with Crippen LogP contribution in [0.2, 0.25) is 0 Å². The molecule has 0 aromatic rings. The van der Waals surface area contributed by atoms with Crippen LogP contribution in [0.1, 0.15) is 45.4 Å². The number of piperidine rings is 1. The zero-order chi connectivity index (χ0) is 11.4. The zero-order valence-electron chi connectivity index (χ0n) is 10.4. The zero-order valence-corrected chi connectivity index (χ0v) is 10.4. The third kappa shape index (κ3) is 2.97. The molecule has 2 fully saturated rings. The molecule has 1 heterocycles. The summed E-state index contributed by atoms with van der Waals surface area (Å²) in [5.41, 5.74) is 0. The normalized spacial score (nSPS) is 22.8. The van der Waals surface area contributed by atoms with E-state index in [9.17, 15) is 4.79 Å². The van der Waals surface area contributed by atoms with Crippen molar-refractivity contribution in [2.75, 3.05) is 19.6 Å². The fourth-order valence-electron chi connectivity index (χ4n) is 2.79. The van der Waals surface area contributed by atoms with E-state index in [1.165, 1.54) is 38.5 Å². The van der Waals surface area contributed by atoms with Crippen molar-refractivity contribution in [3.8, 4) is 0 Å². The molecular weight excluding hydrogens is 200 g/mol. The van der Waals surface area contributed by atoms with Gasteiger partial charge in [-0.05, 0) is 57.5 Å². The Hall–Kier alpha value is -0.570.